The van der Waals surface area contributed by atoms with Crippen molar-refractivity contribution in [3.63, 3.8) is 0 Å². The summed E-state index contributed by atoms with van der Waals surface area (Å²) in [4.78, 5) is 21.4. The monoisotopic (exact) mass is 235 g/mol. The van der Waals surface area contributed by atoms with E-state index in [2.05, 4.69) is 15.0 Å². The molecule has 4 heteroatoms. The Morgan fingerprint density at radius 1 is 1.22 bits per heavy atom. The molecule has 3 rings (SSSR count). The molecule has 1 aromatic carbocycles. The van der Waals surface area contributed by atoms with Gasteiger partial charge in [0.2, 0.25) is 6.08 Å². The Labute approximate surface area is 103 Å². The van der Waals surface area contributed by atoms with E-state index in [1.165, 1.54) is 0 Å². The van der Waals surface area contributed by atoms with Crippen LogP contribution >= 0.6 is 0 Å². The molecule has 2 heterocycles. The summed E-state index contributed by atoms with van der Waals surface area (Å²) in [6.45, 7) is 0. The van der Waals surface area contributed by atoms with Gasteiger partial charge in [-0.1, -0.05) is 30.3 Å². The smallest absolute Gasteiger partial charge is 0.240 e. The van der Waals surface area contributed by atoms with Crippen LogP contribution in [0.5, 0.6) is 0 Å². The van der Waals surface area contributed by atoms with Crippen LogP contribution in [0, 0.1) is 0 Å². The first kappa shape index (κ1) is 10.4. The minimum absolute atomic E-state index is 0.583. The molecule has 0 aliphatic heterocycles. The Bertz CT molecular complexity index is 740. The lowest BCUT2D eigenvalue weighted by atomic mass is 10.1. The van der Waals surface area contributed by atoms with Gasteiger partial charge >= 0.3 is 0 Å². The summed E-state index contributed by atoms with van der Waals surface area (Å²) < 4.78 is 0. The number of carbonyl (C=O) groups excluding carboxylic acids is 1. The van der Waals surface area contributed by atoms with Crippen molar-refractivity contribution in [1.82, 2.24) is 9.97 Å². The van der Waals surface area contributed by atoms with Gasteiger partial charge in [0, 0.05) is 17.1 Å². The maximum absolute atomic E-state index is 10.3. The minimum Gasteiger partial charge on any atom is -0.358 e. The van der Waals surface area contributed by atoms with E-state index in [0.29, 0.717) is 5.69 Å². The van der Waals surface area contributed by atoms with Crippen LogP contribution in [-0.2, 0) is 4.79 Å². The van der Waals surface area contributed by atoms with Crippen LogP contribution in [0.1, 0.15) is 0 Å². The van der Waals surface area contributed by atoms with Crippen LogP contribution in [0.15, 0.2) is 53.8 Å². The van der Waals surface area contributed by atoms with Gasteiger partial charge in [-0.15, -0.1) is 0 Å². The quantitative estimate of drug-likeness (QED) is 0.547. The molecule has 0 atom stereocenters. The number of aromatic amines is 1. The van der Waals surface area contributed by atoms with Crippen LogP contribution in [-0.4, -0.2) is 16.0 Å². The van der Waals surface area contributed by atoms with E-state index in [0.717, 1.165) is 22.2 Å². The zero-order valence-corrected chi connectivity index (χ0v) is 9.42. The van der Waals surface area contributed by atoms with Gasteiger partial charge in [0.1, 0.15) is 5.69 Å². The van der Waals surface area contributed by atoms with E-state index < -0.39 is 0 Å². The Morgan fingerprint density at radius 2 is 2.06 bits per heavy atom. The van der Waals surface area contributed by atoms with Gasteiger partial charge in [0.15, 0.2) is 0 Å². The summed E-state index contributed by atoms with van der Waals surface area (Å²) in [7, 11) is 0. The molecule has 18 heavy (non-hydrogen) atoms. The van der Waals surface area contributed by atoms with Crippen molar-refractivity contribution in [3.8, 4) is 11.3 Å². The molecular formula is C14H9N3O. The van der Waals surface area contributed by atoms with Crippen LogP contribution in [0.3, 0.4) is 0 Å². The van der Waals surface area contributed by atoms with E-state index in [1.54, 1.807) is 18.5 Å². The lowest BCUT2D eigenvalue weighted by Gasteiger charge is -2.00. The second-order valence-electron chi connectivity index (χ2n) is 3.86. The van der Waals surface area contributed by atoms with E-state index in [4.69, 9.17) is 0 Å². The van der Waals surface area contributed by atoms with Crippen molar-refractivity contribution in [2.45, 2.75) is 0 Å². The van der Waals surface area contributed by atoms with Crippen LogP contribution in [0.25, 0.3) is 22.2 Å². The fourth-order valence-electron chi connectivity index (χ4n) is 1.91. The minimum atomic E-state index is 0.583. The molecule has 0 saturated carbocycles. The van der Waals surface area contributed by atoms with Crippen molar-refractivity contribution in [1.29, 1.82) is 0 Å². The van der Waals surface area contributed by atoms with Gasteiger partial charge in [-0.25, -0.2) is 4.79 Å². The van der Waals surface area contributed by atoms with Crippen molar-refractivity contribution >= 4 is 22.7 Å². The standard InChI is InChI=1S/C14H9N3O/c18-9-17-14-8-16-13-7-15-12(6-11(13)14)10-4-2-1-3-5-10/h1-8,16H. The first-order chi connectivity index (χ1) is 8.88. The van der Waals surface area contributed by atoms with E-state index in [9.17, 15) is 4.79 Å². The van der Waals surface area contributed by atoms with Gasteiger partial charge in [0.05, 0.1) is 17.4 Å². The summed E-state index contributed by atoms with van der Waals surface area (Å²) in [5.41, 5.74) is 3.31. The summed E-state index contributed by atoms with van der Waals surface area (Å²) in [5.74, 6) is 0. The first-order valence-corrected chi connectivity index (χ1v) is 5.49. The van der Waals surface area contributed by atoms with Crippen LogP contribution in [0.2, 0.25) is 0 Å². The van der Waals surface area contributed by atoms with Gasteiger partial charge < -0.3 is 4.98 Å². The van der Waals surface area contributed by atoms with Gasteiger partial charge in [0.25, 0.3) is 0 Å². The fourth-order valence-corrected chi connectivity index (χ4v) is 1.91. The lowest BCUT2D eigenvalue weighted by molar-refractivity contribution is 0.565. The van der Waals surface area contributed by atoms with Crippen molar-refractivity contribution in [2.24, 2.45) is 4.99 Å². The van der Waals surface area contributed by atoms with Crippen molar-refractivity contribution in [2.75, 3.05) is 0 Å². The number of benzene rings is 1. The average molecular weight is 235 g/mol. The first-order valence-electron chi connectivity index (χ1n) is 5.49. The maximum atomic E-state index is 10.3. The molecule has 1 N–H and O–H groups in total. The SMILES string of the molecule is O=C=Nc1c[nH]c2cnc(-c3ccccc3)cc12. The highest BCUT2D eigenvalue weighted by atomic mass is 16.1. The number of rotatable bonds is 2. The molecule has 0 saturated heterocycles. The van der Waals surface area contributed by atoms with E-state index in [-0.39, 0.29) is 0 Å². The highest BCUT2D eigenvalue weighted by Crippen LogP contribution is 2.28. The predicted molar refractivity (Wildman–Crippen MR) is 69.3 cm³/mol. The molecule has 0 radical (unpaired) electrons. The summed E-state index contributed by atoms with van der Waals surface area (Å²) in [6.07, 6.45) is 4.97. The fraction of sp³-hybridized carbons (Fsp3) is 0. The summed E-state index contributed by atoms with van der Waals surface area (Å²) in [6, 6.07) is 11.8. The third-order valence-electron chi connectivity index (χ3n) is 2.78. The van der Waals surface area contributed by atoms with Gasteiger partial charge in [-0.3, -0.25) is 4.98 Å². The third kappa shape index (κ3) is 1.71. The molecular weight excluding hydrogens is 226 g/mol. The highest BCUT2D eigenvalue weighted by Gasteiger charge is 2.06. The Hall–Kier alpha value is -2.71. The molecule has 4 nitrogen and oxygen atoms in total. The third-order valence-corrected chi connectivity index (χ3v) is 2.78. The number of nitrogens with one attached hydrogen (secondary N) is 1. The predicted octanol–water partition coefficient (Wildman–Crippen LogP) is 3.20. The molecule has 3 aromatic rings. The number of isocyanates is 1. The normalized spacial score (nSPS) is 10.2. The molecule has 0 unspecified atom stereocenters. The number of pyridine rings is 1. The Kier molecular flexibility index (Phi) is 2.48. The average Bonchev–Trinajstić information content (AvgIpc) is 2.83. The number of H-pyrrole nitrogens is 1. The highest BCUT2D eigenvalue weighted by molar-refractivity contribution is 5.93. The Balaban J connectivity index is 2.21. The van der Waals surface area contributed by atoms with Crippen molar-refractivity contribution < 1.29 is 4.79 Å². The zero-order valence-electron chi connectivity index (χ0n) is 9.42. The van der Waals surface area contributed by atoms with E-state index >= 15 is 0 Å². The second-order valence-corrected chi connectivity index (χ2v) is 3.86. The maximum Gasteiger partial charge on any atom is 0.240 e. The van der Waals surface area contributed by atoms with Crippen LogP contribution in [0.4, 0.5) is 5.69 Å². The molecule has 0 bridgehead atoms. The summed E-state index contributed by atoms with van der Waals surface area (Å²) >= 11 is 0. The molecule has 0 amide bonds. The molecule has 2 aromatic heterocycles. The van der Waals surface area contributed by atoms with Gasteiger partial charge in [-0.2, -0.15) is 4.99 Å². The molecule has 0 aliphatic rings. The topological polar surface area (TPSA) is 58.1 Å². The van der Waals surface area contributed by atoms with Gasteiger partial charge in [-0.05, 0) is 6.07 Å². The Morgan fingerprint density at radius 3 is 2.83 bits per heavy atom. The zero-order chi connectivity index (χ0) is 12.4. The largest absolute Gasteiger partial charge is 0.358 e. The van der Waals surface area contributed by atoms with E-state index in [1.807, 2.05) is 36.4 Å². The second kappa shape index (κ2) is 4.28. The van der Waals surface area contributed by atoms with Crippen molar-refractivity contribution in [3.05, 3.63) is 48.8 Å². The molecule has 0 spiro atoms. The van der Waals surface area contributed by atoms with Crippen LogP contribution < -0.4 is 0 Å². The number of fused-ring (bicyclic) bond motifs is 1. The molecule has 0 aliphatic carbocycles. The number of hydrogen-bond donors (Lipinski definition) is 1. The number of nitrogens with zero attached hydrogens (tertiary/aromatic N) is 2. The molecule has 86 valence electrons. The lowest BCUT2D eigenvalue weighted by Crippen LogP contribution is -1.82. The number of aromatic nitrogens is 2. The molecule has 0 fully saturated rings. The number of hydrogen-bond acceptors (Lipinski definition) is 3. The summed E-state index contributed by atoms with van der Waals surface area (Å²) in [5, 5.41) is 0.868. The number of aliphatic imine (C=N–C) groups is 1.